The molecule has 0 bridgehead atoms. The number of benzene rings is 2. The van der Waals surface area contributed by atoms with E-state index in [1.807, 2.05) is 30.3 Å². The van der Waals surface area contributed by atoms with E-state index in [1.165, 1.54) is 6.20 Å². The Bertz CT molecular complexity index is 1630. The number of fused-ring (bicyclic) bond motifs is 1. The summed E-state index contributed by atoms with van der Waals surface area (Å²) in [4.78, 5) is 37.9. The second-order valence-electron chi connectivity index (χ2n) is 10.2. The Labute approximate surface area is 233 Å². The third kappa shape index (κ3) is 5.38. The van der Waals surface area contributed by atoms with Gasteiger partial charge in [0.1, 0.15) is 23.0 Å². The molecule has 6 rings (SSSR count). The molecule has 2 aliphatic rings. The average Bonchev–Trinajstić information content (AvgIpc) is 3.41. The van der Waals surface area contributed by atoms with Crippen molar-refractivity contribution >= 4 is 34.4 Å². The number of carbonyl (C=O) groups is 2. The number of amides is 2. The number of nitrogens with one attached hydrogen (secondary N) is 2. The van der Waals surface area contributed by atoms with Crippen LogP contribution in [-0.2, 0) is 4.79 Å². The van der Waals surface area contributed by atoms with E-state index in [-0.39, 0.29) is 29.4 Å². The Morgan fingerprint density at radius 2 is 1.80 bits per heavy atom. The number of alkyl halides is 2. The molecule has 2 aromatic carbocycles. The second-order valence-corrected chi connectivity index (χ2v) is 10.2. The summed E-state index contributed by atoms with van der Waals surface area (Å²) in [6, 6.07) is 17.3. The van der Waals surface area contributed by atoms with Gasteiger partial charge in [0.25, 0.3) is 11.8 Å². The first kappa shape index (κ1) is 26.5. The standard InChI is InChI=1S/C29H27F2N7O3/c30-29(31)16-20(29)26(39)35-19-6-7-23-21(15-19)36-27(41-23)18-8-9-34-22(14-18)28(40)38-12-10-37(11-13-38)24(25(32)33)17-4-2-1-3-5-17/h1-9,14-15,20,24H,10-13,16H2,(H3,32,33)(H,35,39)/t20-,24-/m0/s1. The van der Waals surface area contributed by atoms with Crippen molar-refractivity contribution in [3.8, 4) is 11.5 Å². The molecule has 210 valence electrons. The number of hydrogen-bond acceptors (Lipinski definition) is 7. The monoisotopic (exact) mass is 559 g/mol. The largest absolute Gasteiger partial charge is 0.436 e. The van der Waals surface area contributed by atoms with Crippen LogP contribution in [0.5, 0.6) is 0 Å². The van der Waals surface area contributed by atoms with Gasteiger partial charge in [-0.3, -0.25) is 24.9 Å². The lowest BCUT2D eigenvalue weighted by molar-refractivity contribution is -0.119. The van der Waals surface area contributed by atoms with Crippen molar-refractivity contribution in [1.29, 1.82) is 5.41 Å². The van der Waals surface area contributed by atoms with Gasteiger partial charge in [0, 0.05) is 50.0 Å². The number of nitrogens with two attached hydrogens (primary N) is 1. The molecule has 1 aliphatic carbocycles. The first-order valence-corrected chi connectivity index (χ1v) is 13.2. The number of nitrogens with zero attached hydrogens (tertiary/aromatic N) is 4. The molecule has 2 fully saturated rings. The lowest BCUT2D eigenvalue weighted by Crippen LogP contribution is -2.51. The smallest absolute Gasteiger partial charge is 0.272 e. The van der Waals surface area contributed by atoms with Crippen LogP contribution in [0.2, 0.25) is 0 Å². The quantitative estimate of drug-likeness (QED) is 0.230. The van der Waals surface area contributed by atoms with Crippen LogP contribution >= 0.6 is 0 Å². The fraction of sp³-hybridized carbons (Fsp3) is 0.276. The van der Waals surface area contributed by atoms with E-state index < -0.39 is 24.2 Å². The van der Waals surface area contributed by atoms with E-state index in [0.29, 0.717) is 48.5 Å². The lowest BCUT2D eigenvalue weighted by Gasteiger charge is -2.38. The van der Waals surface area contributed by atoms with Crippen molar-refractivity contribution in [3.63, 3.8) is 0 Å². The van der Waals surface area contributed by atoms with Crippen LogP contribution in [0.15, 0.2) is 71.3 Å². The van der Waals surface area contributed by atoms with Gasteiger partial charge < -0.3 is 20.4 Å². The van der Waals surface area contributed by atoms with E-state index in [9.17, 15) is 18.4 Å². The first-order valence-electron chi connectivity index (χ1n) is 13.2. The summed E-state index contributed by atoms with van der Waals surface area (Å²) in [6.07, 6.45) is 1.07. The van der Waals surface area contributed by atoms with Gasteiger partial charge in [-0.25, -0.2) is 13.8 Å². The zero-order chi connectivity index (χ0) is 28.7. The van der Waals surface area contributed by atoms with E-state index in [4.69, 9.17) is 15.6 Å². The number of pyridine rings is 1. The summed E-state index contributed by atoms with van der Waals surface area (Å²) < 4.78 is 32.3. The van der Waals surface area contributed by atoms with Crippen molar-refractivity contribution in [2.24, 2.45) is 11.7 Å². The van der Waals surface area contributed by atoms with E-state index in [1.54, 1.807) is 35.2 Å². The van der Waals surface area contributed by atoms with Crippen molar-refractivity contribution in [1.82, 2.24) is 19.8 Å². The molecule has 0 spiro atoms. The van der Waals surface area contributed by atoms with Gasteiger partial charge in [-0.2, -0.15) is 0 Å². The molecule has 1 saturated carbocycles. The van der Waals surface area contributed by atoms with Crippen molar-refractivity contribution < 1.29 is 22.8 Å². The number of oxazole rings is 1. The molecule has 41 heavy (non-hydrogen) atoms. The molecular weight excluding hydrogens is 532 g/mol. The molecule has 0 radical (unpaired) electrons. The number of carbonyl (C=O) groups excluding carboxylic acids is 2. The highest BCUT2D eigenvalue weighted by Crippen LogP contribution is 2.49. The molecular formula is C29H27F2N7O3. The fourth-order valence-corrected chi connectivity index (χ4v) is 5.10. The predicted molar refractivity (Wildman–Crippen MR) is 147 cm³/mol. The van der Waals surface area contributed by atoms with E-state index in [2.05, 4.69) is 20.2 Å². The minimum absolute atomic E-state index is 0.0580. The number of hydrogen-bond donors (Lipinski definition) is 3. The molecule has 1 saturated heterocycles. The van der Waals surface area contributed by atoms with E-state index >= 15 is 0 Å². The number of anilines is 1. The molecule has 2 aromatic heterocycles. The van der Waals surface area contributed by atoms with Crippen LogP contribution < -0.4 is 11.1 Å². The maximum absolute atomic E-state index is 13.3. The molecule has 2 amide bonds. The fourth-order valence-electron chi connectivity index (χ4n) is 5.10. The molecule has 0 unspecified atom stereocenters. The summed E-state index contributed by atoms with van der Waals surface area (Å²) in [7, 11) is 0. The van der Waals surface area contributed by atoms with Crippen molar-refractivity contribution in [2.75, 3.05) is 31.5 Å². The average molecular weight is 560 g/mol. The Balaban J connectivity index is 1.14. The van der Waals surface area contributed by atoms with Gasteiger partial charge in [-0.15, -0.1) is 0 Å². The van der Waals surface area contributed by atoms with Crippen LogP contribution in [0, 0.1) is 11.3 Å². The number of rotatable bonds is 7. The summed E-state index contributed by atoms with van der Waals surface area (Å²) in [6.45, 7) is 2.00. The van der Waals surface area contributed by atoms with Crippen LogP contribution in [0.4, 0.5) is 14.5 Å². The third-order valence-corrected chi connectivity index (χ3v) is 7.40. The Hall–Kier alpha value is -4.71. The van der Waals surface area contributed by atoms with Crippen molar-refractivity contribution in [3.05, 3.63) is 78.1 Å². The topological polar surface area (TPSA) is 141 Å². The minimum atomic E-state index is -2.95. The maximum Gasteiger partial charge on any atom is 0.272 e. The van der Waals surface area contributed by atoms with Gasteiger partial charge in [0.15, 0.2) is 5.58 Å². The molecule has 12 heteroatoms. The highest BCUT2D eigenvalue weighted by atomic mass is 19.3. The number of halogens is 2. The summed E-state index contributed by atoms with van der Waals surface area (Å²) in [5, 5.41) is 10.6. The van der Waals surface area contributed by atoms with Crippen molar-refractivity contribution in [2.45, 2.75) is 18.4 Å². The molecule has 10 nitrogen and oxygen atoms in total. The summed E-state index contributed by atoms with van der Waals surface area (Å²) >= 11 is 0. The lowest BCUT2D eigenvalue weighted by atomic mass is 10.0. The van der Waals surface area contributed by atoms with Crippen LogP contribution in [0.3, 0.4) is 0 Å². The third-order valence-electron chi connectivity index (χ3n) is 7.40. The molecule has 3 heterocycles. The SMILES string of the molecule is N=C(N)[C@H](c1ccccc1)N1CCN(C(=O)c2cc(-c3nc4cc(NC(=O)[C@@H]5CC5(F)F)ccc4o3)ccn2)CC1. The van der Waals surface area contributed by atoms with Gasteiger partial charge in [0.2, 0.25) is 11.8 Å². The number of amidine groups is 1. The van der Waals surface area contributed by atoms with Gasteiger partial charge in [0.05, 0.1) is 6.04 Å². The molecule has 4 N–H and O–H groups in total. The zero-order valence-electron chi connectivity index (χ0n) is 21.9. The predicted octanol–water partition coefficient (Wildman–Crippen LogP) is 3.92. The Morgan fingerprint density at radius 3 is 2.49 bits per heavy atom. The van der Waals surface area contributed by atoms with Gasteiger partial charge in [-0.05, 0) is 35.9 Å². The first-order chi connectivity index (χ1) is 19.7. The maximum atomic E-state index is 13.3. The Kier molecular flexibility index (Phi) is 6.70. The molecule has 2 atom stereocenters. The van der Waals surface area contributed by atoms with Gasteiger partial charge in [-0.1, -0.05) is 30.3 Å². The number of aromatic nitrogens is 2. The summed E-state index contributed by atoms with van der Waals surface area (Å²) in [5.41, 5.74) is 8.86. The molecule has 1 aliphatic heterocycles. The van der Waals surface area contributed by atoms with Gasteiger partial charge >= 0.3 is 0 Å². The zero-order valence-corrected chi connectivity index (χ0v) is 21.9. The second kappa shape index (κ2) is 10.4. The van der Waals surface area contributed by atoms with Crippen LogP contribution in [0.25, 0.3) is 22.6 Å². The van der Waals surface area contributed by atoms with Crippen LogP contribution in [0.1, 0.15) is 28.5 Å². The molecule has 4 aromatic rings. The normalized spacial score (nSPS) is 19.1. The highest BCUT2D eigenvalue weighted by Gasteiger charge is 2.61. The number of piperazine rings is 1. The Morgan fingerprint density at radius 1 is 1.07 bits per heavy atom. The van der Waals surface area contributed by atoms with E-state index in [0.717, 1.165) is 5.56 Å². The minimum Gasteiger partial charge on any atom is -0.436 e. The van der Waals surface area contributed by atoms with Crippen LogP contribution in [-0.4, -0.2) is 69.5 Å². The summed E-state index contributed by atoms with van der Waals surface area (Å²) in [5.74, 6) is -4.90. The highest BCUT2D eigenvalue weighted by molar-refractivity contribution is 5.97.